The Labute approximate surface area is 134 Å². The average Bonchev–Trinajstić information content (AvgIpc) is 2.51. The van der Waals surface area contributed by atoms with Crippen molar-refractivity contribution < 1.29 is 19.4 Å². The molecule has 1 N–H and O–H groups in total. The van der Waals surface area contributed by atoms with Crippen molar-refractivity contribution in [3.05, 3.63) is 34.9 Å². The van der Waals surface area contributed by atoms with Crippen molar-refractivity contribution in [1.82, 2.24) is 0 Å². The lowest BCUT2D eigenvalue weighted by molar-refractivity contribution is -0.145. The first kappa shape index (κ1) is 18.0. The van der Waals surface area contributed by atoms with E-state index in [0.29, 0.717) is 10.6 Å². The third-order valence-corrected chi connectivity index (χ3v) is 3.96. The summed E-state index contributed by atoms with van der Waals surface area (Å²) in [7, 11) is 1.28. The normalized spacial score (nSPS) is 14.5. The molecule has 1 aromatic rings. The molecular formula is C16H18ClNO4. The Balaban J connectivity index is 3.24. The number of nitriles is 1. The van der Waals surface area contributed by atoms with Gasteiger partial charge < -0.3 is 9.84 Å². The van der Waals surface area contributed by atoms with Crippen molar-refractivity contribution in [2.24, 2.45) is 5.92 Å². The summed E-state index contributed by atoms with van der Waals surface area (Å²) in [4.78, 5) is 22.6. The predicted molar refractivity (Wildman–Crippen MR) is 81.4 cm³/mol. The van der Waals surface area contributed by atoms with Gasteiger partial charge in [-0.2, -0.15) is 5.26 Å². The van der Waals surface area contributed by atoms with E-state index in [4.69, 9.17) is 21.4 Å². The molecule has 0 aliphatic rings. The smallest absolute Gasteiger partial charge is 0.308 e. The summed E-state index contributed by atoms with van der Waals surface area (Å²) in [5, 5.41) is 19.0. The lowest BCUT2D eigenvalue weighted by Gasteiger charge is -2.29. The minimum Gasteiger partial charge on any atom is -0.481 e. The van der Waals surface area contributed by atoms with Gasteiger partial charge in [0.15, 0.2) is 0 Å². The van der Waals surface area contributed by atoms with Gasteiger partial charge in [0, 0.05) is 11.4 Å². The number of carboxylic acids is 1. The maximum atomic E-state index is 11.7. The van der Waals surface area contributed by atoms with Gasteiger partial charge in [-0.15, -0.1) is 0 Å². The fraction of sp³-hybridized carbons (Fsp3) is 0.438. The number of methoxy groups -OCH3 is 1. The van der Waals surface area contributed by atoms with Crippen LogP contribution in [0.4, 0.5) is 0 Å². The van der Waals surface area contributed by atoms with Crippen LogP contribution in [0, 0.1) is 17.2 Å². The van der Waals surface area contributed by atoms with Gasteiger partial charge in [0.2, 0.25) is 0 Å². The Bertz CT molecular complexity index is 596. The number of carbonyl (C=O) groups excluding carboxylic acids is 1. The summed E-state index contributed by atoms with van der Waals surface area (Å²) >= 11 is 6.18. The number of ether oxygens (including phenoxy) is 1. The van der Waals surface area contributed by atoms with Gasteiger partial charge in [-0.05, 0) is 24.5 Å². The van der Waals surface area contributed by atoms with E-state index in [1.54, 1.807) is 31.2 Å². The molecule has 0 saturated carbocycles. The van der Waals surface area contributed by atoms with Crippen LogP contribution in [0.1, 0.15) is 31.7 Å². The highest BCUT2D eigenvalue weighted by atomic mass is 35.5. The van der Waals surface area contributed by atoms with E-state index < -0.39 is 23.3 Å². The van der Waals surface area contributed by atoms with Crippen LogP contribution in [-0.2, 0) is 19.7 Å². The fourth-order valence-electron chi connectivity index (χ4n) is 2.49. The minimum absolute atomic E-state index is 0.0733. The molecule has 0 aliphatic carbocycles. The SMILES string of the molecule is COC(=O)C(C)CC(C#N)(CCC(=O)O)c1ccccc1Cl. The van der Waals surface area contributed by atoms with Crippen molar-refractivity contribution in [3.8, 4) is 6.07 Å². The summed E-state index contributed by atoms with van der Waals surface area (Å²) in [5.74, 6) is -1.99. The molecule has 2 atom stereocenters. The number of halogens is 1. The molecule has 0 saturated heterocycles. The third kappa shape index (κ3) is 4.22. The maximum absolute atomic E-state index is 11.7. The van der Waals surface area contributed by atoms with Gasteiger partial charge in [-0.3, -0.25) is 9.59 Å². The van der Waals surface area contributed by atoms with Crippen molar-refractivity contribution in [2.75, 3.05) is 7.11 Å². The van der Waals surface area contributed by atoms with E-state index in [1.165, 1.54) is 7.11 Å². The van der Waals surface area contributed by atoms with Crippen LogP contribution in [0.25, 0.3) is 0 Å². The highest BCUT2D eigenvalue weighted by Crippen LogP contribution is 2.39. The quantitative estimate of drug-likeness (QED) is 0.779. The van der Waals surface area contributed by atoms with E-state index in [9.17, 15) is 14.9 Å². The fourth-order valence-corrected chi connectivity index (χ4v) is 2.80. The summed E-state index contributed by atoms with van der Waals surface area (Å²) in [6.45, 7) is 1.65. The highest BCUT2D eigenvalue weighted by Gasteiger charge is 2.38. The van der Waals surface area contributed by atoms with Crippen LogP contribution < -0.4 is 0 Å². The van der Waals surface area contributed by atoms with E-state index in [1.807, 2.05) is 0 Å². The van der Waals surface area contributed by atoms with Gasteiger partial charge >= 0.3 is 11.9 Å². The van der Waals surface area contributed by atoms with Gasteiger partial charge in [-0.25, -0.2) is 0 Å². The molecule has 0 aromatic heterocycles. The summed E-state index contributed by atoms with van der Waals surface area (Å²) in [6.07, 6.45) is 0.0315. The number of hydrogen-bond donors (Lipinski definition) is 1. The average molecular weight is 324 g/mol. The number of benzene rings is 1. The number of carbonyl (C=O) groups is 2. The molecule has 0 amide bonds. The lowest BCUT2D eigenvalue weighted by atomic mass is 9.72. The molecule has 118 valence electrons. The van der Waals surface area contributed by atoms with Gasteiger partial charge in [-0.1, -0.05) is 36.7 Å². The third-order valence-electron chi connectivity index (χ3n) is 3.63. The molecule has 0 aliphatic heterocycles. The topological polar surface area (TPSA) is 87.4 Å². The summed E-state index contributed by atoms with van der Waals surface area (Å²) in [6, 6.07) is 8.98. The number of nitrogens with zero attached hydrogens (tertiary/aromatic N) is 1. The second-order valence-electron chi connectivity index (χ2n) is 5.20. The van der Waals surface area contributed by atoms with Crippen LogP contribution in [0.15, 0.2) is 24.3 Å². The second kappa shape index (κ2) is 7.81. The zero-order chi connectivity index (χ0) is 16.8. The molecule has 0 fully saturated rings. The van der Waals surface area contributed by atoms with Crippen molar-refractivity contribution in [2.45, 2.75) is 31.6 Å². The first-order chi connectivity index (χ1) is 10.4. The zero-order valence-electron chi connectivity index (χ0n) is 12.5. The summed E-state index contributed by atoms with van der Waals surface area (Å²) < 4.78 is 4.70. The number of esters is 1. The first-order valence-electron chi connectivity index (χ1n) is 6.82. The van der Waals surface area contributed by atoms with Crippen molar-refractivity contribution in [3.63, 3.8) is 0 Å². The van der Waals surface area contributed by atoms with Gasteiger partial charge in [0.1, 0.15) is 0 Å². The molecule has 0 heterocycles. The van der Waals surface area contributed by atoms with E-state index in [2.05, 4.69) is 6.07 Å². The molecule has 5 nitrogen and oxygen atoms in total. The van der Waals surface area contributed by atoms with E-state index in [0.717, 1.165) is 0 Å². The van der Waals surface area contributed by atoms with Crippen LogP contribution >= 0.6 is 11.6 Å². The maximum Gasteiger partial charge on any atom is 0.308 e. The minimum atomic E-state index is -1.15. The van der Waals surface area contributed by atoms with Crippen molar-refractivity contribution >= 4 is 23.5 Å². The molecule has 0 spiro atoms. The largest absolute Gasteiger partial charge is 0.481 e. The Morgan fingerprint density at radius 1 is 1.45 bits per heavy atom. The second-order valence-corrected chi connectivity index (χ2v) is 5.60. The Morgan fingerprint density at radius 2 is 2.09 bits per heavy atom. The molecule has 2 unspecified atom stereocenters. The Morgan fingerprint density at radius 3 is 2.59 bits per heavy atom. The molecule has 1 aromatic carbocycles. The predicted octanol–water partition coefficient (Wildman–Crippen LogP) is 3.17. The molecule has 1 rings (SSSR count). The standard InChI is InChI=1S/C16H18ClNO4/c1-11(15(21)22-2)9-16(10-18,8-7-14(19)20)12-5-3-4-6-13(12)17/h3-6,11H,7-9H2,1-2H3,(H,19,20). The van der Waals surface area contributed by atoms with E-state index in [-0.39, 0.29) is 19.3 Å². The van der Waals surface area contributed by atoms with Gasteiger partial charge in [0.05, 0.1) is 24.5 Å². The van der Waals surface area contributed by atoms with Gasteiger partial charge in [0.25, 0.3) is 0 Å². The van der Waals surface area contributed by atoms with Crippen LogP contribution in [0.5, 0.6) is 0 Å². The molecule has 0 radical (unpaired) electrons. The Kier molecular flexibility index (Phi) is 6.39. The first-order valence-corrected chi connectivity index (χ1v) is 7.20. The molecule has 6 heteroatoms. The zero-order valence-corrected chi connectivity index (χ0v) is 13.3. The molecule has 0 bridgehead atoms. The number of aliphatic carboxylic acids is 1. The summed E-state index contributed by atoms with van der Waals surface area (Å²) in [5.41, 5.74) is -0.610. The Hall–Kier alpha value is -2.06. The van der Waals surface area contributed by atoms with E-state index >= 15 is 0 Å². The molecular weight excluding hydrogens is 306 g/mol. The monoisotopic (exact) mass is 323 g/mol. The van der Waals surface area contributed by atoms with Crippen LogP contribution in [0.3, 0.4) is 0 Å². The number of carboxylic acid groups (broad SMARTS) is 1. The van der Waals surface area contributed by atoms with Crippen molar-refractivity contribution in [1.29, 1.82) is 5.26 Å². The van der Waals surface area contributed by atoms with Crippen LogP contribution in [0.2, 0.25) is 5.02 Å². The number of rotatable bonds is 7. The molecule has 22 heavy (non-hydrogen) atoms. The van der Waals surface area contributed by atoms with Crippen LogP contribution in [-0.4, -0.2) is 24.2 Å². The number of hydrogen-bond acceptors (Lipinski definition) is 4. The highest BCUT2D eigenvalue weighted by molar-refractivity contribution is 6.31. The lowest BCUT2D eigenvalue weighted by Crippen LogP contribution is -2.31.